The average molecular weight is 446 g/mol. The largest absolute Gasteiger partial charge is 0.464 e. The molecule has 0 saturated heterocycles. The molecule has 2 heterocycles. The summed E-state index contributed by atoms with van der Waals surface area (Å²) in [4.78, 5) is 19.5. The monoisotopic (exact) mass is 445 g/mol. The molecule has 0 aliphatic carbocycles. The van der Waals surface area contributed by atoms with Gasteiger partial charge in [-0.1, -0.05) is 42.7 Å². The summed E-state index contributed by atoms with van der Waals surface area (Å²) in [6, 6.07) is 10.9. The molecule has 0 atom stereocenters. The van der Waals surface area contributed by atoms with Gasteiger partial charge >= 0.3 is 0 Å². The zero-order chi connectivity index (χ0) is 21.3. The van der Waals surface area contributed by atoms with Gasteiger partial charge in [0.05, 0.1) is 5.56 Å². The molecule has 0 unspecified atom stereocenters. The van der Waals surface area contributed by atoms with Gasteiger partial charge < -0.3 is 9.64 Å². The highest BCUT2D eigenvalue weighted by atomic mass is 35.5. The van der Waals surface area contributed by atoms with Gasteiger partial charge in [0.15, 0.2) is 0 Å². The van der Waals surface area contributed by atoms with Crippen LogP contribution in [-0.2, 0) is 6.61 Å². The van der Waals surface area contributed by atoms with Gasteiger partial charge in [-0.15, -0.1) is 5.10 Å². The van der Waals surface area contributed by atoms with Crippen molar-refractivity contribution in [3.63, 3.8) is 0 Å². The molecule has 9 heteroatoms. The third-order valence-electron chi connectivity index (χ3n) is 4.22. The van der Waals surface area contributed by atoms with Gasteiger partial charge in [0.1, 0.15) is 12.4 Å². The zero-order valence-electron chi connectivity index (χ0n) is 17.0. The van der Waals surface area contributed by atoms with Crippen LogP contribution in [0, 0.1) is 0 Å². The minimum absolute atomic E-state index is 0.268. The van der Waals surface area contributed by atoms with Crippen LogP contribution < -0.4 is 15.0 Å². The average Bonchev–Trinajstić information content (AvgIpc) is 3.20. The molecule has 0 radical (unpaired) electrons. The first-order chi connectivity index (χ1) is 14.6. The van der Waals surface area contributed by atoms with Crippen molar-refractivity contribution in [2.24, 2.45) is 0 Å². The van der Waals surface area contributed by atoms with Crippen LogP contribution in [0.3, 0.4) is 0 Å². The summed E-state index contributed by atoms with van der Waals surface area (Å²) in [5.41, 5.74) is 1.48. The second kappa shape index (κ2) is 10.9. The van der Waals surface area contributed by atoms with E-state index in [1.165, 1.54) is 11.3 Å². The molecule has 0 aliphatic heterocycles. The van der Waals surface area contributed by atoms with E-state index >= 15 is 0 Å². The number of rotatable bonds is 10. The number of hydrogen-bond donors (Lipinski definition) is 1. The van der Waals surface area contributed by atoms with Crippen LogP contribution in [0.15, 0.2) is 42.6 Å². The normalized spacial score (nSPS) is 10.6. The summed E-state index contributed by atoms with van der Waals surface area (Å²) in [7, 11) is 0. The molecule has 0 spiro atoms. The summed E-state index contributed by atoms with van der Waals surface area (Å²) < 4.78 is 5.66. The third-order valence-corrected chi connectivity index (χ3v) is 5.22. The molecule has 1 N–H and O–H groups in total. The Morgan fingerprint density at radius 3 is 2.57 bits per heavy atom. The second-order valence-corrected chi connectivity index (χ2v) is 7.98. The highest BCUT2D eigenvalue weighted by Crippen LogP contribution is 2.25. The smallest absolute Gasteiger partial charge is 0.296 e. The SMILES string of the molecule is CCCN(CCC)c1ncccc1C(=O)Nc1nnc(OCc2ccc(Cl)cc2)s1. The molecule has 7 nitrogen and oxygen atoms in total. The quantitative estimate of drug-likeness (QED) is 0.470. The van der Waals surface area contributed by atoms with E-state index in [0.29, 0.717) is 33.3 Å². The maximum absolute atomic E-state index is 12.9. The summed E-state index contributed by atoms with van der Waals surface area (Å²) in [5, 5.41) is 12.2. The molecule has 158 valence electrons. The van der Waals surface area contributed by atoms with E-state index in [9.17, 15) is 4.79 Å². The molecule has 0 fully saturated rings. The standard InChI is InChI=1S/C21H24ClN5O2S/c1-3-12-27(13-4-2)18-17(6-5-11-23-18)19(28)24-20-25-26-21(30-20)29-14-15-7-9-16(22)10-8-15/h5-11H,3-4,12-14H2,1-2H3,(H,24,25,28). The number of nitrogens with one attached hydrogen (secondary N) is 1. The fraction of sp³-hybridized carbons (Fsp3) is 0.333. The van der Waals surface area contributed by atoms with Crippen molar-refractivity contribution in [3.8, 4) is 5.19 Å². The van der Waals surface area contributed by atoms with Crippen molar-refractivity contribution in [2.75, 3.05) is 23.3 Å². The van der Waals surface area contributed by atoms with Gasteiger partial charge in [-0.25, -0.2) is 4.98 Å². The molecule has 0 aliphatic rings. The number of hydrogen-bond acceptors (Lipinski definition) is 7. The van der Waals surface area contributed by atoms with Crippen LogP contribution >= 0.6 is 22.9 Å². The highest BCUT2D eigenvalue weighted by molar-refractivity contribution is 7.17. The molecule has 0 bridgehead atoms. The van der Waals surface area contributed by atoms with Crippen molar-refractivity contribution in [3.05, 3.63) is 58.7 Å². The number of nitrogens with zero attached hydrogens (tertiary/aromatic N) is 4. The fourth-order valence-corrected chi connectivity index (χ4v) is 3.61. The molecule has 2 aromatic heterocycles. The summed E-state index contributed by atoms with van der Waals surface area (Å²) >= 11 is 7.06. The number of benzene rings is 1. The van der Waals surface area contributed by atoms with Gasteiger partial charge in [-0.05, 0) is 54.0 Å². The van der Waals surface area contributed by atoms with E-state index in [4.69, 9.17) is 16.3 Å². The Bertz CT molecular complexity index is 958. The lowest BCUT2D eigenvalue weighted by Crippen LogP contribution is -2.28. The van der Waals surface area contributed by atoms with E-state index in [1.807, 2.05) is 12.1 Å². The van der Waals surface area contributed by atoms with Crippen LogP contribution in [0.5, 0.6) is 5.19 Å². The van der Waals surface area contributed by atoms with Gasteiger partial charge in [0, 0.05) is 24.3 Å². The van der Waals surface area contributed by atoms with Crippen LogP contribution in [0.1, 0.15) is 42.6 Å². The molecule has 30 heavy (non-hydrogen) atoms. The number of ether oxygens (including phenoxy) is 1. The first-order valence-electron chi connectivity index (χ1n) is 9.82. The maximum Gasteiger partial charge on any atom is 0.296 e. The first-order valence-corrected chi connectivity index (χ1v) is 11.0. The van der Waals surface area contributed by atoms with Crippen molar-refractivity contribution in [2.45, 2.75) is 33.3 Å². The number of carbonyl (C=O) groups excluding carboxylic acids is 1. The summed E-state index contributed by atoms with van der Waals surface area (Å²) in [6.45, 7) is 6.24. The Hall–Kier alpha value is -2.71. The van der Waals surface area contributed by atoms with Gasteiger partial charge in [-0.3, -0.25) is 10.1 Å². The molecule has 3 aromatic rings. The van der Waals surface area contributed by atoms with Gasteiger partial charge in [0.2, 0.25) is 5.13 Å². The van der Waals surface area contributed by atoms with E-state index in [1.54, 1.807) is 30.5 Å². The Labute approximate surface area is 185 Å². The van der Waals surface area contributed by atoms with Crippen LogP contribution in [-0.4, -0.2) is 34.2 Å². The molecule has 3 rings (SSSR count). The number of carbonyl (C=O) groups is 1. The van der Waals surface area contributed by atoms with E-state index in [-0.39, 0.29) is 5.91 Å². The molecule has 1 aromatic carbocycles. The van der Waals surface area contributed by atoms with Crippen molar-refractivity contribution < 1.29 is 9.53 Å². The first kappa shape index (κ1) is 22.0. The Balaban J connectivity index is 1.66. The number of pyridine rings is 1. The molecule has 1 amide bonds. The van der Waals surface area contributed by atoms with Gasteiger partial charge in [-0.2, -0.15) is 0 Å². The second-order valence-electron chi connectivity index (χ2n) is 6.60. The molecular formula is C21H24ClN5O2S. The lowest BCUT2D eigenvalue weighted by atomic mass is 10.2. The predicted molar refractivity (Wildman–Crippen MR) is 121 cm³/mol. The predicted octanol–water partition coefficient (Wildman–Crippen LogP) is 5.04. The van der Waals surface area contributed by atoms with Crippen molar-refractivity contribution >= 4 is 39.8 Å². The van der Waals surface area contributed by atoms with Crippen LogP contribution in [0.2, 0.25) is 5.02 Å². The fourth-order valence-electron chi connectivity index (χ4n) is 2.90. The number of amides is 1. The minimum Gasteiger partial charge on any atom is -0.464 e. The Kier molecular flexibility index (Phi) is 7.98. The van der Waals surface area contributed by atoms with Crippen LogP contribution in [0.4, 0.5) is 10.9 Å². The number of anilines is 2. The number of halogens is 1. The zero-order valence-corrected chi connectivity index (χ0v) is 18.5. The molecule has 0 saturated carbocycles. The van der Waals surface area contributed by atoms with E-state index < -0.39 is 0 Å². The lowest BCUT2D eigenvalue weighted by Gasteiger charge is -2.24. The Morgan fingerprint density at radius 1 is 1.13 bits per heavy atom. The maximum atomic E-state index is 12.9. The topological polar surface area (TPSA) is 80.2 Å². The van der Waals surface area contributed by atoms with Gasteiger partial charge in [0.25, 0.3) is 11.1 Å². The van der Waals surface area contributed by atoms with Crippen molar-refractivity contribution in [1.82, 2.24) is 15.2 Å². The minimum atomic E-state index is -0.268. The summed E-state index contributed by atoms with van der Waals surface area (Å²) in [6.07, 6.45) is 3.66. The summed E-state index contributed by atoms with van der Waals surface area (Å²) in [5.74, 6) is 0.415. The molecular weight excluding hydrogens is 422 g/mol. The van der Waals surface area contributed by atoms with E-state index in [0.717, 1.165) is 31.5 Å². The van der Waals surface area contributed by atoms with Crippen LogP contribution in [0.25, 0.3) is 0 Å². The Morgan fingerprint density at radius 2 is 1.87 bits per heavy atom. The third kappa shape index (κ3) is 5.90. The lowest BCUT2D eigenvalue weighted by molar-refractivity contribution is 0.102. The number of aromatic nitrogens is 3. The van der Waals surface area contributed by atoms with Crippen molar-refractivity contribution in [1.29, 1.82) is 0 Å². The van der Waals surface area contributed by atoms with E-state index in [2.05, 4.69) is 39.2 Å². The highest BCUT2D eigenvalue weighted by Gasteiger charge is 2.18.